The van der Waals surface area contributed by atoms with Crippen molar-refractivity contribution in [1.82, 2.24) is 9.36 Å². The normalized spacial score (nSPS) is 19.3. The number of aromatic nitrogens is 2. The van der Waals surface area contributed by atoms with Gasteiger partial charge in [0.1, 0.15) is 10.8 Å². The van der Waals surface area contributed by atoms with Crippen molar-refractivity contribution in [1.29, 1.82) is 0 Å². The van der Waals surface area contributed by atoms with Gasteiger partial charge in [-0.15, -0.1) is 11.3 Å². The van der Waals surface area contributed by atoms with E-state index in [4.69, 9.17) is 5.73 Å². The van der Waals surface area contributed by atoms with E-state index in [1.54, 1.807) is 11.3 Å². The zero-order chi connectivity index (χ0) is 13.4. The molecule has 0 aromatic carbocycles. The predicted molar refractivity (Wildman–Crippen MR) is 83.0 cm³/mol. The minimum Gasteiger partial charge on any atom is -0.382 e. The van der Waals surface area contributed by atoms with Gasteiger partial charge in [0.2, 0.25) is 0 Å². The SMILES string of the molecule is CCC1CCN(c2snc(N)c2-c2csc(C)n2)C1. The Morgan fingerprint density at radius 1 is 1.53 bits per heavy atom. The highest BCUT2D eigenvalue weighted by molar-refractivity contribution is 7.11. The van der Waals surface area contributed by atoms with E-state index in [0.29, 0.717) is 5.82 Å². The number of hydrogen-bond acceptors (Lipinski definition) is 6. The van der Waals surface area contributed by atoms with E-state index in [1.165, 1.54) is 29.4 Å². The molecule has 19 heavy (non-hydrogen) atoms. The lowest BCUT2D eigenvalue weighted by molar-refractivity contribution is 0.569. The van der Waals surface area contributed by atoms with Crippen LogP contribution in [0.4, 0.5) is 10.8 Å². The van der Waals surface area contributed by atoms with Crippen LogP contribution in [0.2, 0.25) is 0 Å². The maximum atomic E-state index is 6.05. The van der Waals surface area contributed by atoms with Crippen molar-refractivity contribution in [2.45, 2.75) is 26.7 Å². The van der Waals surface area contributed by atoms with Crippen LogP contribution in [0, 0.1) is 12.8 Å². The largest absolute Gasteiger partial charge is 0.382 e. The smallest absolute Gasteiger partial charge is 0.148 e. The second kappa shape index (κ2) is 5.09. The van der Waals surface area contributed by atoms with Gasteiger partial charge < -0.3 is 10.6 Å². The molecule has 1 unspecified atom stereocenters. The number of nitrogens with two attached hydrogens (primary N) is 1. The fourth-order valence-corrected chi connectivity index (χ4v) is 4.04. The summed E-state index contributed by atoms with van der Waals surface area (Å²) in [6, 6.07) is 0. The Labute approximate surface area is 121 Å². The summed E-state index contributed by atoms with van der Waals surface area (Å²) in [5.41, 5.74) is 8.06. The van der Waals surface area contributed by atoms with Crippen LogP contribution >= 0.6 is 22.9 Å². The van der Waals surface area contributed by atoms with E-state index < -0.39 is 0 Å². The molecule has 2 N–H and O–H groups in total. The second-order valence-electron chi connectivity index (χ2n) is 5.01. The first-order valence-electron chi connectivity index (χ1n) is 6.61. The molecule has 1 atom stereocenters. The predicted octanol–water partition coefficient (Wildman–Crippen LogP) is 3.39. The molecule has 1 aliphatic rings. The molecule has 0 spiro atoms. The van der Waals surface area contributed by atoms with Crippen molar-refractivity contribution < 1.29 is 0 Å². The van der Waals surface area contributed by atoms with E-state index >= 15 is 0 Å². The van der Waals surface area contributed by atoms with Crippen LogP contribution in [0.1, 0.15) is 24.8 Å². The van der Waals surface area contributed by atoms with Crippen molar-refractivity contribution in [3.8, 4) is 11.3 Å². The molecule has 3 heterocycles. The molecule has 0 bridgehead atoms. The standard InChI is InChI=1S/C13H18N4S2/c1-3-9-4-5-17(6-9)13-11(12(14)16-19-13)10-7-18-8(2)15-10/h7,9H,3-6H2,1-2H3,(H2,14,16). The minimum atomic E-state index is 0.616. The lowest BCUT2D eigenvalue weighted by Crippen LogP contribution is -2.19. The van der Waals surface area contributed by atoms with Crippen LogP contribution in [0.25, 0.3) is 11.3 Å². The summed E-state index contributed by atoms with van der Waals surface area (Å²) in [6.07, 6.45) is 2.51. The Bertz CT molecular complexity index is 575. The van der Waals surface area contributed by atoms with Crippen molar-refractivity contribution in [2.75, 3.05) is 23.7 Å². The monoisotopic (exact) mass is 294 g/mol. The maximum Gasteiger partial charge on any atom is 0.148 e. The Balaban J connectivity index is 1.95. The van der Waals surface area contributed by atoms with Crippen LogP contribution in [0.15, 0.2) is 5.38 Å². The lowest BCUT2D eigenvalue weighted by Gasteiger charge is -2.17. The third-order valence-corrected chi connectivity index (χ3v) is 5.42. The van der Waals surface area contributed by atoms with Crippen LogP contribution in [0.5, 0.6) is 0 Å². The van der Waals surface area contributed by atoms with Crippen molar-refractivity contribution >= 4 is 33.7 Å². The summed E-state index contributed by atoms with van der Waals surface area (Å²) in [7, 11) is 0. The number of nitrogens with zero attached hydrogens (tertiary/aromatic N) is 3. The molecule has 3 rings (SSSR count). The first-order chi connectivity index (χ1) is 9.19. The number of anilines is 2. The summed E-state index contributed by atoms with van der Waals surface area (Å²) < 4.78 is 4.34. The maximum absolute atomic E-state index is 6.05. The molecule has 1 fully saturated rings. The van der Waals surface area contributed by atoms with Crippen molar-refractivity contribution in [2.24, 2.45) is 5.92 Å². The molecule has 0 saturated carbocycles. The Hall–Kier alpha value is -1.14. The Morgan fingerprint density at radius 2 is 2.37 bits per heavy atom. The van der Waals surface area contributed by atoms with E-state index in [1.807, 2.05) is 6.92 Å². The molecule has 4 nitrogen and oxygen atoms in total. The average molecular weight is 294 g/mol. The summed E-state index contributed by atoms with van der Waals surface area (Å²) in [5, 5.41) is 4.34. The number of hydrogen-bond donors (Lipinski definition) is 1. The van der Waals surface area contributed by atoms with Crippen LogP contribution in [-0.2, 0) is 0 Å². The van der Waals surface area contributed by atoms with E-state index in [9.17, 15) is 0 Å². The van der Waals surface area contributed by atoms with Crippen LogP contribution in [-0.4, -0.2) is 22.4 Å². The number of nitrogen functional groups attached to an aromatic ring is 1. The van der Waals surface area contributed by atoms with Gasteiger partial charge >= 0.3 is 0 Å². The second-order valence-corrected chi connectivity index (χ2v) is 6.82. The fraction of sp³-hybridized carbons (Fsp3) is 0.538. The Morgan fingerprint density at radius 3 is 3.00 bits per heavy atom. The molecule has 0 amide bonds. The molecular weight excluding hydrogens is 276 g/mol. The van der Waals surface area contributed by atoms with Crippen molar-refractivity contribution in [3.63, 3.8) is 0 Å². The fourth-order valence-electron chi connectivity index (χ4n) is 2.58. The molecular formula is C13H18N4S2. The molecule has 2 aromatic rings. The van der Waals surface area contributed by atoms with Gasteiger partial charge in [-0.1, -0.05) is 13.3 Å². The van der Waals surface area contributed by atoms with Gasteiger partial charge in [0, 0.05) is 18.5 Å². The molecule has 2 aromatic heterocycles. The third-order valence-electron chi connectivity index (χ3n) is 3.73. The quantitative estimate of drug-likeness (QED) is 0.942. The molecule has 0 aliphatic carbocycles. The third kappa shape index (κ3) is 2.34. The van der Waals surface area contributed by atoms with Gasteiger partial charge in [0.05, 0.1) is 16.3 Å². The molecule has 102 valence electrons. The Kier molecular flexibility index (Phi) is 3.45. The van der Waals surface area contributed by atoms with Gasteiger partial charge in [-0.2, -0.15) is 4.37 Å². The van der Waals surface area contributed by atoms with Gasteiger partial charge in [-0.25, -0.2) is 4.98 Å². The molecule has 0 radical (unpaired) electrons. The van der Waals surface area contributed by atoms with Gasteiger partial charge in [0.15, 0.2) is 0 Å². The molecule has 6 heteroatoms. The first-order valence-corrected chi connectivity index (χ1v) is 8.27. The number of thiazole rings is 1. The highest BCUT2D eigenvalue weighted by atomic mass is 32.1. The summed E-state index contributed by atoms with van der Waals surface area (Å²) in [6.45, 7) is 6.51. The van der Waals surface area contributed by atoms with Gasteiger partial charge in [-0.3, -0.25) is 0 Å². The first kappa shape index (κ1) is 12.9. The summed E-state index contributed by atoms with van der Waals surface area (Å²) >= 11 is 3.16. The van der Waals surface area contributed by atoms with E-state index in [-0.39, 0.29) is 0 Å². The minimum absolute atomic E-state index is 0.616. The van der Waals surface area contributed by atoms with Crippen LogP contribution in [0.3, 0.4) is 0 Å². The van der Waals surface area contributed by atoms with Gasteiger partial charge in [0.25, 0.3) is 0 Å². The molecule has 1 aliphatic heterocycles. The topological polar surface area (TPSA) is 55.0 Å². The zero-order valence-corrected chi connectivity index (χ0v) is 12.9. The van der Waals surface area contributed by atoms with E-state index in [0.717, 1.165) is 35.3 Å². The van der Waals surface area contributed by atoms with Gasteiger partial charge in [-0.05, 0) is 30.8 Å². The number of rotatable bonds is 3. The summed E-state index contributed by atoms with van der Waals surface area (Å²) in [5.74, 6) is 1.42. The zero-order valence-electron chi connectivity index (χ0n) is 11.2. The van der Waals surface area contributed by atoms with Crippen LogP contribution < -0.4 is 10.6 Å². The average Bonchev–Trinajstić information content (AvgIpc) is 3.08. The lowest BCUT2D eigenvalue weighted by atomic mass is 10.1. The number of aryl methyl sites for hydroxylation is 1. The highest BCUT2D eigenvalue weighted by Gasteiger charge is 2.27. The van der Waals surface area contributed by atoms with E-state index in [2.05, 4.69) is 26.6 Å². The molecule has 1 saturated heterocycles. The summed E-state index contributed by atoms with van der Waals surface area (Å²) in [4.78, 5) is 6.99. The van der Waals surface area contributed by atoms with Crippen molar-refractivity contribution in [3.05, 3.63) is 10.4 Å². The highest BCUT2D eigenvalue weighted by Crippen LogP contribution is 2.41.